The van der Waals surface area contributed by atoms with E-state index in [0.717, 1.165) is 6.54 Å². The van der Waals surface area contributed by atoms with E-state index in [-0.39, 0.29) is 36.6 Å². The Hall–Kier alpha value is -3.18. The summed E-state index contributed by atoms with van der Waals surface area (Å²) in [5.41, 5.74) is 1.96. The Morgan fingerprint density at radius 3 is 2.40 bits per heavy atom. The molecule has 1 aliphatic heterocycles. The van der Waals surface area contributed by atoms with Gasteiger partial charge in [-0.25, -0.2) is 0 Å². The van der Waals surface area contributed by atoms with Gasteiger partial charge >= 0.3 is 5.97 Å². The van der Waals surface area contributed by atoms with E-state index in [9.17, 15) is 14.7 Å². The predicted molar refractivity (Wildman–Crippen MR) is 140 cm³/mol. The number of rotatable bonds is 9. The zero-order valence-electron chi connectivity index (χ0n) is 20.9. The van der Waals surface area contributed by atoms with E-state index in [1.165, 1.54) is 21.9 Å². The Bertz CT molecular complexity index is 1170. The zero-order valence-corrected chi connectivity index (χ0v) is 20.9. The number of carbonyl (C=O) groups excluding carboxylic acids is 1. The van der Waals surface area contributed by atoms with Crippen LogP contribution in [0.25, 0.3) is 10.8 Å². The lowest BCUT2D eigenvalue weighted by Gasteiger charge is -2.25. The SMILES string of the molecule is C[C@@H](NC[C@@H]1CN(C(=O)CC(C)(C)CC(=O)O)C[C@@H]1c1ccccc1)c1cccc2ccccc12. The van der Waals surface area contributed by atoms with Crippen LogP contribution in [-0.4, -0.2) is 41.5 Å². The first kappa shape index (κ1) is 24.9. The number of carboxylic acids is 1. The minimum atomic E-state index is -0.865. The number of carbonyl (C=O) groups is 2. The van der Waals surface area contributed by atoms with Crippen LogP contribution in [0.3, 0.4) is 0 Å². The monoisotopic (exact) mass is 472 g/mol. The van der Waals surface area contributed by atoms with Crippen LogP contribution in [0.2, 0.25) is 0 Å². The summed E-state index contributed by atoms with van der Waals surface area (Å²) in [6.45, 7) is 8.05. The third kappa shape index (κ3) is 6.09. The van der Waals surface area contributed by atoms with Gasteiger partial charge < -0.3 is 15.3 Å². The van der Waals surface area contributed by atoms with Crippen molar-refractivity contribution >= 4 is 22.6 Å². The molecule has 1 aliphatic rings. The molecule has 0 aromatic heterocycles. The van der Waals surface area contributed by atoms with Crippen molar-refractivity contribution in [1.29, 1.82) is 0 Å². The summed E-state index contributed by atoms with van der Waals surface area (Å²) in [6.07, 6.45) is 0.232. The molecule has 1 heterocycles. The quantitative estimate of drug-likeness (QED) is 0.424. The minimum absolute atomic E-state index is 0.0117. The number of carboxylic acid groups (broad SMARTS) is 1. The highest BCUT2D eigenvalue weighted by Crippen LogP contribution is 2.35. The van der Waals surface area contributed by atoms with E-state index >= 15 is 0 Å². The lowest BCUT2D eigenvalue weighted by Crippen LogP contribution is -2.34. The molecule has 0 aliphatic carbocycles. The van der Waals surface area contributed by atoms with Crippen molar-refractivity contribution in [1.82, 2.24) is 10.2 Å². The standard InChI is InChI=1S/C30H36N2O3/c1-21(25-15-9-13-22-12-7-8-14-26(22)25)31-18-24-19-32(20-27(24)23-10-5-4-6-11-23)28(33)16-30(2,3)17-29(34)35/h4-15,21,24,27,31H,16-20H2,1-3H3,(H,34,35)/t21-,24-,27-/m1/s1. The molecule has 5 nitrogen and oxygen atoms in total. The molecular formula is C30H36N2O3. The molecule has 0 spiro atoms. The van der Waals surface area contributed by atoms with E-state index in [0.29, 0.717) is 13.1 Å². The lowest BCUT2D eigenvalue weighted by molar-refractivity contribution is -0.140. The van der Waals surface area contributed by atoms with Gasteiger partial charge in [0, 0.05) is 38.0 Å². The van der Waals surface area contributed by atoms with E-state index in [2.05, 4.69) is 79.0 Å². The number of hydrogen-bond donors (Lipinski definition) is 2. The van der Waals surface area contributed by atoms with Gasteiger partial charge in [-0.3, -0.25) is 9.59 Å². The fraction of sp³-hybridized carbons (Fsp3) is 0.400. The Balaban J connectivity index is 1.48. The van der Waals surface area contributed by atoms with Gasteiger partial charge in [0.1, 0.15) is 0 Å². The zero-order chi connectivity index (χ0) is 25.0. The topological polar surface area (TPSA) is 69.6 Å². The number of fused-ring (bicyclic) bond motifs is 1. The van der Waals surface area contributed by atoms with Crippen LogP contribution in [0.15, 0.2) is 72.8 Å². The third-order valence-electron chi connectivity index (χ3n) is 7.26. The molecule has 3 aromatic carbocycles. The van der Waals surface area contributed by atoms with Crippen LogP contribution >= 0.6 is 0 Å². The molecule has 184 valence electrons. The lowest BCUT2D eigenvalue weighted by atomic mass is 9.85. The van der Waals surface area contributed by atoms with Gasteiger partial charge in [-0.05, 0) is 40.2 Å². The van der Waals surface area contributed by atoms with E-state index < -0.39 is 11.4 Å². The van der Waals surface area contributed by atoms with Crippen LogP contribution in [0.4, 0.5) is 0 Å². The Morgan fingerprint density at radius 2 is 1.66 bits per heavy atom. The fourth-order valence-electron chi connectivity index (χ4n) is 5.42. The summed E-state index contributed by atoms with van der Waals surface area (Å²) in [5, 5.41) is 15.5. The maximum atomic E-state index is 13.2. The first-order valence-electron chi connectivity index (χ1n) is 12.5. The van der Waals surface area contributed by atoms with Gasteiger partial charge in [-0.1, -0.05) is 86.6 Å². The summed E-state index contributed by atoms with van der Waals surface area (Å²) < 4.78 is 0. The van der Waals surface area contributed by atoms with Crippen molar-refractivity contribution in [2.75, 3.05) is 19.6 Å². The summed E-state index contributed by atoms with van der Waals surface area (Å²) >= 11 is 0. The molecule has 2 N–H and O–H groups in total. The molecule has 4 rings (SSSR count). The highest BCUT2D eigenvalue weighted by Gasteiger charge is 2.38. The molecule has 0 unspecified atom stereocenters. The summed E-state index contributed by atoms with van der Waals surface area (Å²) in [5.74, 6) is -0.297. The predicted octanol–water partition coefficient (Wildman–Crippen LogP) is 5.62. The van der Waals surface area contributed by atoms with Gasteiger partial charge in [-0.15, -0.1) is 0 Å². The smallest absolute Gasteiger partial charge is 0.303 e. The molecular weight excluding hydrogens is 436 g/mol. The molecule has 0 bridgehead atoms. The number of likely N-dealkylation sites (tertiary alicyclic amines) is 1. The molecule has 3 atom stereocenters. The van der Waals surface area contributed by atoms with E-state index in [1.54, 1.807) is 0 Å². The van der Waals surface area contributed by atoms with Crippen molar-refractivity contribution < 1.29 is 14.7 Å². The van der Waals surface area contributed by atoms with Crippen LogP contribution in [-0.2, 0) is 9.59 Å². The number of hydrogen-bond acceptors (Lipinski definition) is 3. The van der Waals surface area contributed by atoms with Crippen LogP contribution in [0, 0.1) is 11.3 Å². The van der Waals surface area contributed by atoms with Crippen molar-refractivity contribution in [3.8, 4) is 0 Å². The molecule has 3 aromatic rings. The highest BCUT2D eigenvalue weighted by atomic mass is 16.4. The Labute approximate surface area is 208 Å². The molecule has 5 heteroatoms. The van der Waals surface area contributed by atoms with Crippen molar-refractivity contribution in [3.05, 3.63) is 83.9 Å². The van der Waals surface area contributed by atoms with Crippen LogP contribution < -0.4 is 5.32 Å². The largest absolute Gasteiger partial charge is 0.481 e. The molecule has 1 saturated heterocycles. The number of amides is 1. The average Bonchev–Trinajstić information content (AvgIpc) is 3.26. The number of aliphatic carboxylic acids is 1. The summed E-state index contributed by atoms with van der Waals surface area (Å²) in [4.78, 5) is 26.3. The molecule has 1 amide bonds. The van der Waals surface area contributed by atoms with Gasteiger partial charge in [0.05, 0.1) is 6.42 Å². The van der Waals surface area contributed by atoms with Crippen molar-refractivity contribution in [3.63, 3.8) is 0 Å². The summed E-state index contributed by atoms with van der Waals surface area (Å²) in [6, 6.07) is 25.5. The van der Waals surface area contributed by atoms with Gasteiger partial charge in [0.15, 0.2) is 0 Å². The Kier molecular flexibility index (Phi) is 7.56. The van der Waals surface area contributed by atoms with Crippen LogP contribution in [0.5, 0.6) is 0 Å². The van der Waals surface area contributed by atoms with Gasteiger partial charge in [-0.2, -0.15) is 0 Å². The van der Waals surface area contributed by atoms with E-state index in [1.807, 2.05) is 24.8 Å². The number of nitrogens with zero attached hydrogens (tertiary/aromatic N) is 1. The maximum Gasteiger partial charge on any atom is 0.303 e. The Morgan fingerprint density at radius 1 is 0.971 bits per heavy atom. The van der Waals surface area contributed by atoms with E-state index in [4.69, 9.17) is 0 Å². The van der Waals surface area contributed by atoms with Crippen molar-refractivity contribution in [2.24, 2.45) is 11.3 Å². The third-order valence-corrected chi connectivity index (χ3v) is 7.26. The molecule has 0 saturated carbocycles. The van der Waals surface area contributed by atoms with Gasteiger partial charge in [0.2, 0.25) is 5.91 Å². The molecule has 0 radical (unpaired) electrons. The maximum absolute atomic E-state index is 13.2. The normalized spacial score (nSPS) is 19.1. The number of benzene rings is 3. The first-order valence-corrected chi connectivity index (χ1v) is 12.5. The average molecular weight is 473 g/mol. The minimum Gasteiger partial charge on any atom is -0.481 e. The summed E-state index contributed by atoms with van der Waals surface area (Å²) in [7, 11) is 0. The molecule has 1 fully saturated rings. The fourth-order valence-corrected chi connectivity index (χ4v) is 5.42. The highest BCUT2D eigenvalue weighted by molar-refractivity contribution is 5.86. The number of nitrogens with one attached hydrogen (secondary N) is 1. The second-order valence-corrected chi connectivity index (χ2v) is 10.7. The molecule has 35 heavy (non-hydrogen) atoms. The second-order valence-electron chi connectivity index (χ2n) is 10.7. The van der Waals surface area contributed by atoms with Crippen LogP contribution in [0.1, 0.15) is 56.7 Å². The van der Waals surface area contributed by atoms with Gasteiger partial charge in [0.25, 0.3) is 0 Å². The second kappa shape index (κ2) is 10.6. The first-order chi connectivity index (χ1) is 16.7. The van der Waals surface area contributed by atoms with Crippen molar-refractivity contribution in [2.45, 2.75) is 45.6 Å².